The van der Waals surface area contributed by atoms with Crippen LogP contribution in [-0.2, 0) is 4.79 Å². The van der Waals surface area contributed by atoms with Crippen LogP contribution in [0.5, 0.6) is 0 Å². The largest absolute Gasteiger partial charge is 0.478 e. The molecule has 0 atom stereocenters. The topological polar surface area (TPSA) is 92.4 Å². The van der Waals surface area contributed by atoms with Crippen LogP contribution < -0.4 is 11.1 Å². The van der Waals surface area contributed by atoms with E-state index in [0.717, 1.165) is 25.7 Å². The Morgan fingerprint density at radius 1 is 1.26 bits per heavy atom. The number of amides is 1. The Kier molecular flexibility index (Phi) is 5.85. The lowest BCUT2D eigenvalue weighted by atomic mass is 10.1. The van der Waals surface area contributed by atoms with Gasteiger partial charge in [-0.1, -0.05) is 26.2 Å². The molecule has 0 bridgehead atoms. The van der Waals surface area contributed by atoms with Crippen LogP contribution in [0.2, 0.25) is 0 Å². The van der Waals surface area contributed by atoms with Crippen molar-refractivity contribution in [1.29, 1.82) is 0 Å². The van der Waals surface area contributed by atoms with E-state index in [1.807, 2.05) is 0 Å². The summed E-state index contributed by atoms with van der Waals surface area (Å²) in [6.45, 7) is 2.10. The zero-order chi connectivity index (χ0) is 14.3. The Hall–Kier alpha value is -2.04. The third-order valence-electron chi connectivity index (χ3n) is 2.81. The molecular formula is C14H20N2O3. The van der Waals surface area contributed by atoms with Crippen molar-refractivity contribution in [2.45, 2.75) is 39.0 Å². The molecule has 1 aromatic rings. The lowest BCUT2D eigenvalue weighted by molar-refractivity contribution is -0.116. The van der Waals surface area contributed by atoms with Crippen molar-refractivity contribution in [3.05, 3.63) is 23.8 Å². The van der Waals surface area contributed by atoms with E-state index in [0.29, 0.717) is 12.1 Å². The van der Waals surface area contributed by atoms with Gasteiger partial charge in [-0.15, -0.1) is 0 Å². The van der Waals surface area contributed by atoms with Gasteiger partial charge in [0.2, 0.25) is 5.91 Å². The monoisotopic (exact) mass is 264 g/mol. The maximum Gasteiger partial charge on any atom is 0.337 e. The van der Waals surface area contributed by atoms with Gasteiger partial charge in [0.05, 0.1) is 11.3 Å². The van der Waals surface area contributed by atoms with Gasteiger partial charge < -0.3 is 16.2 Å². The van der Waals surface area contributed by atoms with E-state index in [1.54, 1.807) is 0 Å². The standard InChI is InChI=1S/C14H20N2O3/c1-2-3-4-5-6-13(17)16-12-9-10(15)7-8-11(12)14(18)19/h7-9H,2-6,15H2,1H3,(H,16,17)(H,18,19). The highest BCUT2D eigenvalue weighted by Gasteiger charge is 2.12. The number of anilines is 2. The highest BCUT2D eigenvalue weighted by atomic mass is 16.4. The lowest BCUT2D eigenvalue weighted by Gasteiger charge is -2.09. The minimum atomic E-state index is -1.08. The predicted octanol–water partition coefficient (Wildman–Crippen LogP) is 2.88. The Bertz CT molecular complexity index is 458. The van der Waals surface area contributed by atoms with Gasteiger partial charge in [0.1, 0.15) is 0 Å². The summed E-state index contributed by atoms with van der Waals surface area (Å²) in [4.78, 5) is 22.7. The number of nitrogen functional groups attached to an aromatic ring is 1. The molecular weight excluding hydrogens is 244 g/mol. The number of nitrogens with one attached hydrogen (secondary N) is 1. The molecule has 0 aromatic heterocycles. The quantitative estimate of drug-likeness (QED) is 0.521. The first-order valence-electron chi connectivity index (χ1n) is 6.47. The number of nitrogens with two attached hydrogens (primary N) is 1. The number of carbonyl (C=O) groups is 2. The fourth-order valence-electron chi connectivity index (χ4n) is 1.78. The molecule has 0 aliphatic carbocycles. The smallest absolute Gasteiger partial charge is 0.337 e. The second kappa shape index (κ2) is 7.41. The van der Waals surface area contributed by atoms with Crippen LogP contribution >= 0.6 is 0 Å². The normalized spacial score (nSPS) is 10.2. The van der Waals surface area contributed by atoms with Gasteiger partial charge in [-0.25, -0.2) is 4.79 Å². The van der Waals surface area contributed by atoms with Crippen molar-refractivity contribution < 1.29 is 14.7 Å². The van der Waals surface area contributed by atoms with E-state index < -0.39 is 5.97 Å². The second-order valence-corrected chi connectivity index (χ2v) is 4.47. The molecule has 5 heteroatoms. The van der Waals surface area contributed by atoms with Crippen molar-refractivity contribution in [3.63, 3.8) is 0 Å². The molecule has 0 spiro atoms. The molecule has 0 unspecified atom stereocenters. The highest BCUT2D eigenvalue weighted by Crippen LogP contribution is 2.19. The first-order chi connectivity index (χ1) is 9.04. The van der Waals surface area contributed by atoms with Crippen LogP contribution in [0.3, 0.4) is 0 Å². The van der Waals surface area contributed by atoms with Crippen molar-refractivity contribution >= 4 is 23.3 Å². The van der Waals surface area contributed by atoms with E-state index in [1.165, 1.54) is 18.2 Å². The number of rotatable bonds is 7. The van der Waals surface area contributed by atoms with Crippen LogP contribution in [0.25, 0.3) is 0 Å². The number of hydrogen-bond donors (Lipinski definition) is 3. The van der Waals surface area contributed by atoms with E-state index in [-0.39, 0.29) is 17.2 Å². The summed E-state index contributed by atoms with van der Waals surface area (Å²) in [5, 5.41) is 11.6. The minimum Gasteiger partial charge on any atom is -0.478 e. The van der Waals surface area contributed by atoms with Gasteiger partial charge in [-0.3, -0.25) is 4.79 Å². The molecule has 4 N–H and O–H groups in total. The predicted molar refractivity (Wildman–Crippen MR) is 75.2 cm³/mol. The van der Waals surface area contributed by atoms with E-state index in [2.05, 4.69) is 12.2 Å². The van der Waals surface area contributed by atoms with Gasteiger partial charge >= 0.3 is 5.97 Å². The van der Waals surface area contributed by atoms with E-state index >= 15 is 0 Å². The lowest BCUT2D eigenvalue weighted by Crippen LogP contribution is -2.14. The Morgan fingerprint density at radius 2 is 2.00 bits per heavy atom. The average Bonchev–Trinajstić information content (AvgIpc) is 2.34. The fraction of sp³-hybridized carbons (Fsp3) is 0.429. The zero-order valence-corrected chi connectivity index (χ0v) is 11.1. The Labute approximate surface area is 112 Å². The molecule has 5 nitrogen and oxygen atoms in total. The van der Waals surface area contributed by atoms with Crippen LogP contribution in [0.15, 0.2) is 18.2 Å². The van der Waals surface area contributed by atoms with Crippen molar-refractivity contribution in [2.24, 2.45) is 0 Å². The Morgan fingerprint density at radius 3 is 2.63 bits per heavy atom. The minimum absolute atomic E-state index is 0.0520. The van der Waals surface area contributed by atoms with E-state index in [4.69, 9.17) is 10.8 Å². The molecule has 1 rings (SSSR count). The molecule has 104 valence electrons. The van der Waals surface area contributed by atoms with Gasteiger partial charge in [0.15, 0.2) is 0 Å². The Balaban J connectivity index is 2.62. The molecule has 0 heterocycles. The fourth-order valence-corrected chi connectivity index (χ4v) is 1.78. The van der Waals surface area contributed by atoms with Crippen molar-refractivity contribution in [1.82, 2.24) is 0 Å². The van der Waals surface area contributed by atoms with Crippen LogP contribution in [-0.4, -0.2) is 17.0 Å². The summed E-state index contributed by atoms with van der Waals surface area (Å²) in [6.07, 6.45) is 4.43. The molecule has 19 heavy (non-hydrogen) atoms. The van der Waals surface area contributed by atoms with Crippen LogP contribution in [0.1, 0.15) is 49.4 Å². The van der Waals surface area contributed by atoms with Crippen LogP contribution in [0, 0.1) is 0 Å². The number of benzene rings is 1. The molecule has 0 aliphatic heterocycles. The second-order valence-electron chi connectivity index (χ2n) is 4.47. The number of aromatic carboxylic acids is 1. The summed E-state index contributed by atoms with van der Waals surface area (Å²) in [5.74, 6) is -1.26. The maximum absolute atomic E-state index is 11.7. The van der Waals surface area contributed by atoms with Gasteiger partial charge in [-0.05, 0) is 24.6 Å². The molecule has 0 radical (unpaired) electrons. The SMILES string of the molecule is CCCCCCC(=O)Nc1cc(N)ccc1C(=O)O. The molecule has 0 saturated carbocycles. The third-order valence-corrected chi connectivity index (χ3v) is 2.81. The van der Waals surface area contributed by atoms with Crippen molar-refractivity contribution in [2.75, 3.05) is 11.1 Å². The summed E-state index contributed by atoms with van der Waals surface area (Å²) in [6, 6.07) is 4.36. The van der Waals surface area contributed by atoms with E-state index in [9.17, 15) is 9.59 Å². The molecule has 1 amide bonds. The summed E-state index contributed by atoms with van der Waals surface area (Å²) in [5.41, 5.74) is 6.33. The first-order valence-corrected chi connectivity index (χ1v) is 6.47. The van der Waals surface area contributed by atoms with Crippen molar-refractivity contribution in [3.8, 4) is 0 Å². The van der Waals surface area contributed by atoms with Gasteiger partial charge in [0, 0.05) is 12.1 Å². The summed E-state index contributed by atoms with van der Waals surface area (Å²) in [7, 11) is 0. The molecule has 0 fully saturated rings. The van der Waals surface area contributed by atoms with Crippen LogP contribution in [0.4, 0.5) is 11.4 Å². The number of carboxylic acid groups (broad SMARTS) is 1. The average molecular weight is 264 g/mol. The summed E-state index contributed by atoms with van der Waals surface area (Å²) < 4.78 is 0. The number of hydrogen-bond acceptors (Lipinski definition) is 3. The van der Waals surface area contributed by atoms with Gasteiger partial charge in [-0.2, -0.15) is 0 Å². The number of unbranched alkanes of at least 4 members (excludes halogenated alkanes) is 3. The molecule has 0 saturated heterocycles. The first kappa shape index (κ1) is 15.0. The number of carboxylic acids is 1. The highest BCUT2D eigenvalue weighted by molar-refractivity contribution is 6.01. The molecule has 1 aromatic carbocycles. The number of carbonyl (C=O) groups excluding carboxylic acids is 1. The maximum atomic E-state index is 11.7. The third kappa shape index (κ3) is 4.99. The zero-order valence-electron chi connectivity index (χ0n) is 11.1. The summed E-state index contributed by atoms with van der Waals surface area (Å²) >= 11 is 0. The van der Waals surface area contributed by atoms with Gasteiger partial charge in [0.25, 0.3) is 0 Å². The molecule has 0 aliphatic rings.